The lowest BCUT2D eigenvalue weighted by molar-refractivity contribution is -0.134. The van der Waals surface area contributed by atoms with Crippen molar-refractivity contribution >= 4 is 27.7 Å². The van der Waals surface area contributed by atoms with Gasteiger partial charge in [0, 0.05) is 17.6 Å². The van der Waals surface area contributed by atoms with Crippen LogP contribution in [0.15, 0.2) is 28.7 Å². The fraction of sp³-hybridized carbons (Fsp3) is 0.500. The van der Waals surface area contributed by atoms with Crippen LogP contribution in [0.3, 0.4) is 0 Å². The van der Waals surface area contributed by atoms with Gasteiger partial charge in [0.25, 0.3) is 0 Å². The Morgan fingerprint density at radius 1 is 1.43 bits per heavy atom. The van der Waals surface area contributed by atoms with E-state index in [1.54, 1.807) is 0 Å². The molecule has 2 amide bonds. The van der Waals surface area contributed by atoms with E-state index in [2.05, 4.69) is 28.2 Å². The molecule has 4 nitrogen and oxygen atoms in total. The third-order valence-electron chi connectivity index (χ3n) is 3.70. The highest BCUT2D eigenvalue weighted by Crippen LogP contribution is 2.15. The Bertz CT molecular complexity index is 519. The van der Waals surface area contributed by atoms with Gasteiger partial charge in [-0.2, -0.15) is 0 Å². The maximum atomic E-state index is 12.1. The molecule has 5 heteroatoms. The molecule has 1 saturated heterocycles. The number of benzene rings is 1. The van der Waals surface area contributed by atoms with E-state index in [1.807, 2.05) is 29.2 Å². The highest BCUT2D eigenvalue weighted by atomic mass is 79.9. The average Bonchev–Trinajstić information content (AvgIpc) is 2.45. The molecule has 1 aromatic carbocycles. The van der Waals surface area contributed by atoms with E-state index in [1.165, 1.54) is 6.42 Å². The number of nitrogens with one attached hydrogen (secondary N) is 1. The standard InChI is InChI=1S/C16H21BrN2O2/c1-12-4-3-7-19(11-12)16(21)10-18-15(20)9-13-5-2-6-14(17)8-13/h2,5-6,8,12H,3-4,7,9-11H2,1H3,(H,18,20). The van der Waals surface area contributed by atoms with Gasteiger partial charge in [0.05, 0.1) is 13.0 Å². The van der Waals surface area contributed by atoms with E-state index >= 15 is 0 Å². The zero-order valence-electron chi connectivity index (χ0n) is 12.3. The minimum Gasteiger partial charge on any atom is -0.347 e. The lowest BCUT2D eigenvalue weighted by Crippen LogP contribution is -2.44. The molecule has 0 saturated carbocycles. The first-order valence-corrected chi connectivity index (χ1v) is 8.13. The summed E-state index contributed by atoms with van der Waals surface area (Å²) in [6.07, 6.45) is 2.53. The van der Waals surface area contributed by atoms with Crippen LogP contribution in [0.2, 0.25) is 0 Å². The summed E-state index contributed by atoms with van der Waals surface area (Å²) in [5.41, 5.74) is 0.931. The summed E-state index contributed by atoms with van der Waals surface area (Å²) in [6.45, 7) is 3.87. The molecule has 0 aliphatic carbocycles. The van der Waals surface area contributed by atoms with Gasteiger partial charge in [0.2, 0.25) is 11.8 Å². The molecule has 1 aromatic rings. The first-order chi connectivity index (χ1) is 10.0. The molecule has 0 aromatic heterocycles. The Kier molecular flexibility index (Phi) is 5.79. The second-order valence-corrected chi connectivity index (χ2v) is 6.59. The molecule has 1 aliphatic heterocycles. The van der Waals surface area contributed by atoms with Crippen molar-refractivity contribution in [3.05, 3.63) is 34.3 Å². The summed E-state index contributed by atoms with van der Waals surface area (Å²) >= 11 is 3.38. The summed E-state index contributed by atoms with van der Waals surface area (Å²) in [6, 6.07) is 7.63. The lowest BCUT2D eigenvalue weighted by atomic mass is 10.0. The summed E-state index contributed by atoms with van der Waals surface area (Å²) < 4.78 is 0.950. The van der Waals surface area contributed by atoms with Crippen LogP contribution in [0.1, 0.15) is 25.3 Å². The van der Waals surface area contributed by atoms with Gasteiger partial charge >= 0.3 is 0 Å². The highest BCUT2D eigenvalue weighted by molar-refractivity contribution is 9.10. The normalized spacial score (nSPS) is 18.4. The molecule has 0 bridgehead atoms. The number of hydrogen-bond donors (Lipinski definition) is 1. The minimum atomic E-state index is -0.119. The van der Waals surface area contributed by atoms with E-state index < -0.39 is 0 Å². The van der Waals surface area contributed by atoms with E-state index in [4.69, 9.17) is 0 Å². The predicted octanol–water partition coefficient (Wildman–Crippen LogP) is 2.37. The van der Waals surface area contributed by atoms with Crippen LogP contribution in [-0.2, 0) is 16.0 Å². The van der Waals surface area contributed by atoms with Gasteiger partial charge < -0.3 is 10.2 Å². The Balaban J connectivity index is 1.77. The van der Waals surface area contributed by atoms with Gasteiger partial charge in [0.1, 0.15) is 0 Å². The fourth-order valence-electron chi connectivity index (χ4n) is 2.60. The van der Waals surface area contributed by atoms with Crippen molar-refractivity contribution in [3.63, 3.8) is 0 Å². The maximum absolute atomic E-state index is 12.1. The SMILES string of the molecule is CC1CCCN(C(=O)CNC(=O)Cc2cccc(Br)c2)C1. The number of nitrogens with zero attached hydrogens (tertiary/aromatic N) is 1. The van der Waals surface area contributed by atoms with Crippen LogP contribution in [0.4, 0.5) is 0 Å². The van der Waals surface area contributed by atoms with Gasteiger partial charge in [-0.15, -0.1) is 0 Å². The number of piperidine rings is 1. The zero-order valence-corrected chi connectivity index (χ0v) is 13.9. The van der Waals surface area contributed by atoms with Crippen LogP contribution in [0, 0.1) is 5.92 Å². The summed E-state index contributed by atoms with van der Waals surface area (Å²) in [7, 11) is 0. The predicted molar refractivity (Wildman–Crippen MR) is 85.8 cm³/mol. The molecule has 1 N–H and O–H groups in total. The van der Waals surface area contributed by atoms with Crippen molar-refractivity contribution < 1.29 is 9.59 Å². The molecule has 0 spiro atoms. The Morgan fingerprint density at radius 2 is 2.24 bits per heavy atom. The number of carbonyl (C=O) groups excluding carboxylic acids is 2. The summed E-state index contributed by atoms with van der Waals surface area (Å²) in [5, 5.41) is 2.72. The van der Waals surface area contributed by atoms with Gasteiger partial charge in [-0.25, -0.2) is 0 Å². The van der Waals surface area contributed by atoms with Crippen LogP contribution in [-0.4, -0.2) is 36.3 Å². The topological polar surface area (TPSA) is 49.4 Å². The molecule has 1 unspecified atom stereocenters. The smallest absolute Gasteiger partial charge is 0.241 e. The second-order valence-electron chi connectivity index (χ2n) is 5.67. The molecular weight excluding hydrogens is 332 g/mol. The van der Waals surface area contributed by atoms with Crippen LogP contribution >= 0.6 is 15.9 Å². The van der Waals surface area contributed by atoms with E-state index in [0.29, 0.717) is 12.3 Å². The molecular formula is C16H21BrN2O2. The van der Waals surface area contributed by atoms with E-state index in [9.17, 15) is 9.59 Å². The summed E-state index contributed by atoms with van der Waals surface area (Å²) in [5.74, 6) is 0.454. The quantitative estimate of drug-likeness (QED) is 0.904. The molecule has 114 valence electrons. The number of amides is 2. The maximum Gasteiger partial charge on any atom is 0.241 e. The van der Waals surface area contributed by atoms with Gasteiger partial charge in [-0.3, -0.25) is 9.59 Å². The van der Waals surface area contributed by atoms with Crippen molar-refractivity contribution in [2.75, 3.05) is 19.6 Å². The third kappa shape index (κ3) is 5.16. The monoisotopic (exact) mass is 352 g/mol. The van der Waals surface area contributed by atoms with E-state index in [0.717, 1.165) is 29.5 Å². The number of hydrogen-bond acceptors (Lipinski definition) is 2. The third-order valence-corrected chi connectivity index (χ3v) is 4.19. The molecule has 1 heterocycles. The Labute approximate surface area is 134 Å². The van der Waals surface area contributed by atoms with Crippen molar-refractivity contribution in [1.29, 1.82) is 0 Å². The van der Waals surface area contributed by atoms with Gasteiger partial charge in [-0.1, -0.05) is 35.0 Å². The van der Waals surface area contributed by atoms with Crippen LogP contribution in [0.5, 0.6) is 0 Å². The van der Waals surface area contributed by atoms with Crippen LogP contribution in [0.25, 0.3) is 0 Å². The number of rotatable bonds is 4. The van der Waals surface area contributed by atoms with Gasteiger partial charge in [-0.05, 0) is 36.5 Å². The van der Waals surface area contributed by atoms with Crippen molar-refractivity contribution in [2.24, 2.45) is 5.92 Å². The molecule has 1 atom stereocenters. The molecule has 1 aliphatic rings. The minimum absolute atomic E-state index is 0.0177. The second kappa shape index (κ2) is 7.59. The molecule has 1 fully saturated rings. The molecule has 2 rings (SSSR count). The zero-order chi connectivity index (χ0) is 15.2. The molecule has 21 heavy (non-hydrogen) atoms. The Morgan fingerprint density at radius 3 is 2.95 bits per heavy atom. The van der Waals surface area contributed by atoms with Crippen molar-refractivity contribution in [2.45, 2.75) is 26.2 Å². The fourth-order valence-corrected chi connectivity index (χ4v) is 3.04. The largest absolute Gasteiger partial charge is 0.347 e. The number of likely N-dealkylation sites (tertiary alicyclic amines) is 1. The lowest BCUT2D eigenvalue weighted by Gasteiger charge is -2.31. The first kappa shape index (κ1) is 16.0. The number of halogens is 1. The van der Waals surface area contributed by atoms with Gasteiger partial charge in [0.15, 0.2) is 0 Å². The first-order valence-electron chi connectivity index (χ1n) is 7.33. The highest BCUT2D eigenvalue weighted by Gasteiger charge is 2.20. The average molecular weight is 353 g/mol. The van der Waals surface area contributed by atoms with Crippen molar-refractivity contribution in [3.8, 4) is 0 Å². The molecule has 0 radical (unpaired) electrons. The number of carbonyl (C=O) groups is 2. The van der Waals surface area contributed by atoms with Crippen LogP contribution < -0.4 is 5.32 Å². The van der Waals surface area contributed by atoms with E-state index in [-0.39, 0.29) is 18.4 Å². The van der Waals surface area contributed by atoms with Crippen molar-refractivity contribution in [1.82, 2.24) is 10.2 Å². The Hall–Kier alpha value is -1.36. The summed E-state index contributed by atoms with van der Waals surface area (Å²) in [4.78, 5) is 25.8.